The van der Waals surface area contributed by atoms with Gasteiger partial charge in [0.25, 0.3) is 5.91 Å². The predicted molar refractivity (Wildman–Crippen MR) is 177 cm³/mol. The van der Waals surface area contributed by atoms with Crippen LogP contribution in [0, 0.1) is 29.1 Å². The summed E-state index contributed by atoms with van der Waals surface area (Å²) in [7, 11) is 0. The highest BCUT2D eigenvalue weighted by molar-refractivity contribution is 5.94. The second kappa shape index (κ2) is 14.4. The Labute approximate surface area is 288 Å². The van der Waals surface area contributed by atoms with Crippen LogP contribution in [0.2, 0.25) is 0 Å². The van der Waals surface area contributed by atoms with Gasteiger partial charge in [-0.15, -0.1) is 0 Å². The van der Waals surface area contributed by atoms with Gasteiger partial charge in [0.1, 0.15) is 5.56 Å². The Kier molecular flexibility index (Phi) is 9.63. The fourth-order valence-corrected chi connectivity index (χ4v) is 6.21. The Bertz CT molecular complexity index is 2200. The molecule has 0 aliphatic carbocycles. The van der Waals surface area contributed by atoms with Crippen LogP contribution < -0.4 is 5.32 Å². The van der Waals surface area contributed by atoms with E-state index in [1.165, 1.54) is 0 Å². The van der Waals surface area contributed by atoms with E-state index < -0.39 is 46.8 Å². The topological polar surface area (TPSA) is 85.6 Å². The third-order valence-corrected chi connectivity index (χ3v) is 8.85. The average Bonchev–Trinajstić information content (AvgIpc) is 3.58. The fourth-order valence-electron chi connectivity index (χ4n) is 6.21. The van der Waals surface area contributed by atoms with Gasteiger partial charge in [0.05, 0.1) is 42.7 Å². The van der Waals surface area contributed by atoms with Crippen LogP contribution in [0.15, 0.2) is 103 Å². The Balaban J connectivity index is 1.12. The molecule has 2 heterocycles. The highest BCUT2D eigenvalue weighted by atomic mass is 19.2. The number of ether oxygens (including phenoxy) is 2. The monoisotopic (exact) mass is 699 g/mol. The van der Waals surface area contributed by atoms with Gasteiger partial charge < -0.3 is 24.5 Å². The molecule has 7 rings (SSSR count). The molecule has 1 amide bonds. The van der Waals surface area contributed by atoms with Crippen LogP contribution in [0.25, 0.3) is 22.2 Å². The maximum Gasteiger partial charge on any atom is 0.257 e. The minimum absolute atomic E-state index is 0.0699. The number of nitrogens with one attached hydrogen (secondary N) is 1. The summed E-state index contributed by atoms with van der Waals surface area (Å²) < 4.78 is 84.3. The van der Waals surface area contributed by atoms with E-state index in [2.05, 4.69) is 14.9 Å². The first-order valence-electron chi connectivity index (χ1n) is 16.1. The maximum absolute atomic E-state index is 14.2. The van der Waals surface area contributed by atoms with Crippen molar-refractivity contribution in [3.63, 3.8) is 0 Å². The second-order valence-electron chi connectivity index (χ2n) is 12.2. The van der Waals surface area contributed by atoms with Crippen LogP contribution in [0.1, 0.15) is 51.4 Å². The van der Waals surface area contributed by atoms with Crippen molar-refractivity contribution < 1.29 is 41.3 Å². The average molecular weight is 700 g/mol. The third kappa shape index (κ3) is 6.98. The number of fused-ring (bicyclic) bond motifs is 1. The largest absolute Gasteiger partial charge is 0.392 e. The molecule has 3 atom stereocenters. The van der Waals surface area contributed by atoms with E-state index >= 15 is 0 Å². The number of carbonyl (C=O) groups excluding carboxylic acids is 1. The first-order valence-corrected chi connectivity index (χ1v) is 16.1. The Morgan fingerprint density at radius 1 is 0.765 bits per heavy atom. The highest BCUT2D eigenvalue weighted by Gasteiger charge is 2.33. The summed E-state index contributed by atoms with van der Waals surface area (Å²) in [4.78, 5) is 17.0. The van der Waals surface area contributed by atoms with E-state index in [0.717, 1.165) is 38.9 Å². The molecule has 1 aromatic heterocycles. The molecule has 1 aliphatic heterocycles. The lowest BCUT2D eigenvalue weighted by Gasteiger charge is -2.36. The zero-order valence-corrected chi connectivity index (χ0v) is 26.8. The molecule has 3 unspecified atom stereocenters. The van der Waals surface area contributed by atoms with Gasteiger partial charge in [-0.1, -0.05) is 72.8 Å². The lowest BCUT2D eigenvalue weighted by Crippen LogP contribution is -2.32. The molecule has 5 aromatic carbocycles. The van der Waals surface area contributed by atoms with Gasteiger partial charge >= 0.3 is 0 Å². The number of aliphatic hydroxyl groups excluding tert-OH is 1. The van der Waals surface area contributed by atoms with Crippen molar-refractivity contribution >= 4 is 16.9 Å². The molecule has 260 valence electrons. The number of aromatic nitrogens is 2. The Morgan fingerprint density at radius 3 is 2.20 bits per heavy atom. The van der Waals surface area contributed by atoms with Crippen LogP contribution in [0.3, 0.4) is 0 Å². The lowest BCUT2D eigenvalue weighted by molar-refractivity contribution is -0.252. The fraction of sp³-hybridized carbons (Fsp3) is 0.179. The summed E-state index contributed by atoms with van der Waals surface area (Å²) in [6, 6.07) is 29.9. The molecule has 2 N–H and O–H groups in total. The van der Waals surface area contributed by atoms with E-state index in [-0.39, 0.29) is 25.4 Å². The van der Waals surface area contributed by atoms with Gasteiger partial charge in [0, 0.05) is 18.5 Å². The van der Waals surface area contributed by atoms with E-state index in [0.29, 0.717) is 18.5 Å². The van der Waals surface area contributed by atoms with Crippen LogP contribution in [0.4, 0.5) is 22.0 Å². The van der Waals surface area contributed by atoms with Gasteiger partial charge in [-0.3, -0.25) is 4.79 Å². The molecule has 51 heavy (non-hydrogen) atoms. The number of hydrogen-bond acceptors (Lipinski definition) is 5. The number of halogens is 5. The van der Waals surface area contributed by atoms with Crippen molar-refractivity contribution in [2.75, 3.05) is 0 Å². The summed E-state index contributed by atoms with van der Waals surface area (Å²) in [5.41, 5.74) is 4.81. The van der Waals surface area contributed by atoms with Gasteiger partial charge in [0.2, 0.25) is 5.82 Å². The van der Waals surface area contributed by atoms with Crippen molar-refractivity contribution in [1.82, 2.24) is 14.9 Å². The minimum atomic E-state index is -2.34. The number of hydrogen-bond donors (Lipinski definition) is 2. The SMILES string of the molecule is O=C(NCc1cccc(-c2cccc(C3OC(Cn4cnc5ccccc54)CC(c4ccc(CO)cc4)O3)c2)c1)c1c(F)c(F)c(F)c(F)c1F. The number of nitrogens with zero attached hydrogens (tertiary/aromatic N) is 2. The Morgan fingerprint density at radius 2 is 1.45 bits per heavy atom. The van der Waals surface area contributed by atoms with Crippen LogP contribution in [-0.4, -0.2) is 26.7 Å². The molecule has 6 aromatic rings. The van der Waals surface area contributed by atoms with Gasteiger partial charge in [-0.2, -0.15) is 0 Å². The zero-order chi connectivity index (χ0) is 35.6. The normalized spacial score (nSPS) is 17.5. The lowest BCUT2D eigenvalue weighted by atomic mass is 9.98. The molecule has 0 spiro atoms. The van der Waals surface area contributed by atoms with Crippen LogP contribution in [-0.2, 0) is 29.2 Å². The molecular formula is C39H30F5N3O4. The number of imidazole rings is 1. The zero-order valence-electron chi connectivity index (χ0n) is 26.8. The van der Waals surface area contributed by atoms with E-state index in [1.807, 2.05) is 78.9 Å². The van der Waals surface area contributed by atoms with Crippen molar-refractivity contribution in [1.29, 1.82) is 0 Å². The van der Waals surface area contributed by atoms with E-state index in [1.54, 1.807) is 24.5 Å². The molecule has 7 nitrogen and oxygen atoms in total. The molecule has 0 radical (unpaired) electrons. The smallest absolute Gasteiger partial charge is 0.257 e. The summed E-state index contributed by atoms with van der Waals surface area (Å²) in [6.07, 6.45) is 1.05. The first kappa shape index (κ1) is 34.0. The Hall–Kier alpha value is -5.43. The molecule has 1 aliphatic rings. The van der Waals surface area contributed by atoms with Crippen LogP contribution in [0.5, 0.6) is 0 Å². The third-order valence-electron chi connectivity index (χ3n) is 8.85. The number of rotatable bonds is 9. The van der Waals surface area contributed by atoms with Crippen molar-refractivity contribution in [3.05, 3.63) is 160 Å². The standard InChI is InChI=1S/C39H30F5N3O4/c40-33-32(34(41)36(43)37(44)35(33)42)38(49)45-18-23-5-3-6-25(15-23)26-7-4-8-27(16-26)39-50-28(19-47-21-46-29-9-1-2-10-30(29)47)17-31(51-39)24-13-11-22(20-48)12-14-24/h1-16,21,28,31,39,48H,17-20H2,(H,45,49). The number of carbonyl (C=O) groups is 1. The summed E-state index contributed by atoms with van der Waals surface area (Å²) in [5.74, 6) is -12.6. The second-order valence-corrected chi connectivity index (χ2v) is 12.2. The quantitative estimate of drug-likeness (QED) is 0.0907. The molecule has 12 heteroatoms. The number of benzene rings is 5. The number of aliphatic hydroxyl groups is 1. The molecule has 0 saturated carbocycles. The highest BCUT2D eigenvalue weighted by Crippen LogP contribution is 2.39. The van der Waals surface area contributed by atoms with Gasteiger partial charge in [0.15, 0.2) is 29.6 Å². The van der Waals surface area contributed by atoms with Gasteiger partial charge in [-0.05, 0) is 52.1 Å². The summed E-state index contributed by atoms with van der Waals surface area (Å²) >= 11 is 0. The van der Waals surface area contributed by atoms with E-state index in [9.17, 15) is 31.9 Å². The predicted octanol–water partition coefficient (Wildman–Crippen LogP) is 8.07. The minimum Gasteiger partial charge on any atom is -0.392 e. The number of para-hydroxylation sites is 2. The maximum atomic E-state index is 14.2. The van der Waals surface area contributed by atoms with Crippen molar-refractivity contribution in [2.45, 2.75) is 44.6 Å². The van der Waals surface area contributed by atoms with E-state index in [4.69, 9.17) is 9.47 Å². The first-order chi connectivity index (χ1) is 24.7. The molecule has 0 bridgehead atoms. The molecular weight excluding hydrogens is 669 g/mol. The number of amides is 1. The van der Waals surface area contributed by atoms with Gasteiger partial charge in [-0.25, -0.2) is 26.9 Å². The molecule has 1 saturated heterocycles. The summed E-state index contributed by atoms with van der Waals surface area (Å²) in [6.45, 7) is 0.214. The van der Waals surface area contributed by atoms with Crippen LogP contribution >= 0.6 is 0 Å². The van der Waals surface area contributed by atoms with Crippen molar-refractivity contribution in [3.8, 4) is 11.1 Å². The molecule has 1 fully saturated rings. The summed E-state index contributed by atoms with van der Waals surface area (Å²) in [5, 5.41) is 11.8. The van der Waals surface area contributed by atoms with Crippen molar-refractivity contribution in [2.24, 2.45) is 0 Å².